The lowest BCUT2D eigenvalue weighted by Crippen LogP contribution is -2.35. The van der Waals surface area contributed by atoms with Crippen molar-refractivity contribution in [1.29, 1.82) is 0 Å². The molecular formula is C13H18BrNO2. The molecule has 0 bridgehead atoms. The Hall–Kier alpha value is -0.580. The summed E-state index contributed by atoms with van der Waals surface area (Å²) < 4.78 is 12.2. The normalized spacial score (nSPS) is 17.1. The standard InChI is InChI=1S/C13H18BrNO2/c1-2-17-13-5-3-4-12(14)11(13)10-15-6-8-16-9-7-15/h3-5H,2,6-10H2,1H3. The van der Waals surface area contributed by atoms with E-state index in [1.165, 1.54) is 5.56 Å². The monoisotopic (exact) mass is 299 g/mol. The van der Waals surface area contributed by atoms with Gasteiger partial charge in [0.15, 0.2) is 0 Å². The highest BCUT2D eigenvalue weighted by atomic mass is 79.9. The zero-order chi connectivity index (χ0) is 12.1. The Balaban J connectivity index is 2.12. The van der Waals surface area contributed by atoms with Gasteiger partial charge >= 0.3 is 0 Å². The summed E-state index contributed by atoms with van der Waals surface area (Å²) >= 11 is 3.61. The zero-order valence-corrected chi connectivity index (χ0v) is 11.7. The number of ether oxygens (including phenoxy) is 2. The average Bonchev–Trinajstić information content (AvgIpc) is 2.35. The first kappa shape index (κ1) is 12.9. The molecule has 1 aliphatic rings. The molecule has 1 aromatic carbocycles. The predicted molar refractivity (Wildman–Crippen MR) is 71.4 cm³/mol. The molecule has 1 saturated heterocycles. The smallest absolute Gasteiger partial charge is 0.124 e. The summed E-state index contributed by atoms with van der Waals surface area (Å²) in [6.07, 6.45) is 0. The number of benzene rings is 1. The van der Waals surface area contributed by atoms with E-state index in [0.29, 0.717) is 6.61 Å². The fourth-order valence-electron chi connectivity index (χ4n) is 1.97. The highest BCUT2D eigenvalue weighted by Gasteiger charge is 2.15. The number of morpholine rings is 1. The summed E-state index contributed by atoms with van der Waals surface area (Å²) in [5.41, 5.74) is 1.23. The van der Waals surface area contributed by atoms with E-state index in [4.69, 9.17) is 9.47 Å². The lowest BCUT2D eigenvalue weighted by Gasteiger charge is -2.27. The molecule has 2 rings (SSSR count). The maximum atomic E-state index is 5.67. The van der Waals surface area contributed by atoms with Gasteiger partial charge in [0.1, 0.15) is 5.75 Å². The SMILES string of the molecule is CCOc1cccc(Br)c1CN1CCOCC1. The summed E-state index contributed by atoms with van der Waals surface area (Å²) in [6.45, 7) is 7.27. The van der Waals surface area contributed by atoms with Crippen LogP contribution in [0.25, 0.3) is 0 Å². The van der Waals surface area contributed by atoms with Crippen LogP contribution in [0.15, 0.2) is 22.7 Å². The molecule has 0 atom stereocenters. The first-order chi connectivity index (χ1) is 8.31. The molecule has 3 nitrogen and oxygen atoms in total. The van der Waals surface area contributed by atoms with Gasteiger partial charge < -0.3 is 9.47 Å². The minimum Gasteiger partial charge on any atom is -0.494 e. The van der Waals surface area contributed by atoms with Crippen molar-refractivity contribution in [3.05, 3.63) is 28.2 Å². The largest absolute Gasteiger partial charge is 0.494 e. The van der Waals surface area contributed by atoms with Crippen LogP contribution in [0.3, 0.4) is 0 Å². The van der Waals surface area contributed by atoms with Gasteiger partial charge in [-0.2, -0.15) is 0 Å². The van der Waals surface area contributed by atoms with Crippen molar-refractivity contribution < 1.29 is 9.47 Å². The van der Waals surface area contributed by atoms with Gasteiger partial charge in [0.05, 0.1) is 19.8 Å². The van der Waals surface area contributed by atoms with Gasteiger partial charge in [0.2, 0.25) is 0 Å². The number of rotatable bonds is 4. The molecule has 0 unspecified atom stereocenters. The molecule has 1 fully saturated rings. The van der Waals surface area contributed by atoms with Crippen LogP contribution in [0.1, 0.15) is 12.5 Å². The van der Waals surface area contributed by atoms with E-state index in [1.54, 1.807) is 0 Å². The topological polar surface area (TPSA) is 21.7 Å². The Bertz CT molecular complexity index is 364. The molecule has 1 heterocycles. The lowest BCUT2D eigenvalue weighted by atomic mass is 10.2. The molecule has 0 aliphatic carbocycles. The van der Waals surface area contributed by atoms with Crippen LogP contribution in [-0.2, 0) is 11.3 Å². The van der Waals surface area contributed by atoms with E-state index in [9.17, 15) is 0 Å². The van der Waals surface area contributed by atoms with Gasteiger partial charge in [-0.05, 0) is 19.1 Å². The van der Waals surface area contributed by atoms with Crippen LogP contribution in [0.5, 0.6) is 5.75 Å². The minimum absolute atomic E-state index is 0.701. The number of hydrogen-bond acceptors (Lipinski definition) is 3. The molecule has 0 aromatic heterocycles. The lowest BCUT2D eigenvalue weighted by molar-refractivity contribution is 0.0337. The van der Waals surface area contributed by atoms with E-state index in [2.05, 4.69) is 26.9 Å². The van der Waals surface area contributed by atoms with Crippen LogP contribution in [0.2, 0.25) is 0 Å². The maximum Gasteiger partial charge on any atom is 0.124 e. The molecule has 94 valence electrons. The summed E-state index contributed by atoms with van der Waals surface area (Å²) in [7, 11) is 0. The van der Waals surface area contributed by atoms with Crippen LogP contribution in [-0.4, -0.2) is 37.8 Å². The highest BCUT2D eigenvalue weighted by Crippen LogP contribution is 2.28. The molecular weight excluding hydrogens is 282 g/mol. The zero-order valence-electron chi connectivity index (χ0n) is 10.1. The molecule has 0 spiro atoms. The molecule has 0 saturated carbocycles. The van der Waals surface area contributed by atoms with Crippen LogP contribution in [0, 0.1) is 0 Å². The Kier molecular flexibility index (Phi) is 4.83. The Morgan fingerprint density at radius 1 is 1.35 bits per heavy atom. The Labute approximate surface area is 111 Å². The number of nitrogens with zero attached hydrogens (tertiary/aromatic N) is 1. The summed E-state index contributed by atoms with van der Waals surface area (Å²) in [6, 6.07) is 6.11. The predicted octanol–water partition coefficient (Wildman–Crippen LogP) is 2.68. The highest BCUT2D eigenvalue weighted by molar-refractivity contribution is 9.10. The number of halogens is 1. The van der Waals surface area contributed by atoms with Crippen LogP contribution < -0.4 is 4.74 Å². The second-order valence-corrected chi connectivity index (χ2v) is 4.89. The second kappa shape index (κ2) is 6.38. The second-order valence-electron chi connectivity index (χ2n) is 4.04. The van der Waals surface area contributed by atoms with Crippen LogP contribution >= 0.6 is 15.9 Å². The van der Waals surface area contributed by atoms with Gasteiger partial charge in [0, 0.05) is 29.7 Å². The third-order valence-corrected chi connectivity index (χ3v) is 3.60. The summed E-state index contributed by atoms with van der Waals surface area (Å²) in [4.78, 5) is 2.39. The molecule has 4 heteroatoms. The molecule has 0 N–H and O–H groups in total. The van der Waals surface area contributed by atoms with Crippen molar-refractivity contribution in [1.82, 2.24) is 4.90 Å². The van der Waals surface area contributed by atoms with Gasteiger partial charge in [-0.15, -0.1) is 0 Å². The van der Waals surface area contributed by atoms with Crippen molar-refractivity contribution in [3.8, 4) is 5.75 Å². The van der Waals surface area contributed by atoms with Crippen molar-refractivity contribution in [2.45, 2.75) is 13.5 Å². The van der Waals surface area contributed by atoms with E-state index in [0.717, 1.165) is 43.1 Å². The third-order valence-electron chi connectivity index (χ3n) is 2.86. The molecule has 1 aliphatic heterocycles. The van der Waals surface area contributed by atoms with E-state index >= 15 is 0 Å². The van der Waals surface area contributed by atoms with Gasteiger partial charge in [-0.3, -0.25) is 4.90 Å². The van der Waals surface area contributed by atoms with Gasteiger partial charge in [-0.25, -0.2) is 0 Å². The molecule has 0 amide bonds. The Morgan fingerprint density at radius 3 is 2.82 bits per heavy atom. The quantitative estimate of drug-likeness (QED) is 0.853. The maximum absolute atomic E-state index is 5.67. The molecule has 0 radical (unpaired) electrons. The Morgan fingerprint density at radius 2 is 2.12 bits per heavy atom. The molecule has 17 heavy (non-hydrogen) atoms. The van der Waals surface area contributed by atoms with E-state index in [-0.39, 0.29) is 0 Å². The van der Waals surface area contributed by atoms with E-state index in [1.807, 2.05) is 19.1 Å². The summed E-state index contributed by atoms with van der Waals surface area (Å²) in [5, 5.41) is 0. The van der Waals surface area contributed by atoms with Crippen molar-refractivity contribution in [3.63, 3.8) is 0 Å². The van der Waals surface area contributed by atoms with Crippen molar-refractivity contribution in [2.75, 3.05) is 32.9 Å². The number of hydrogen-bond donors (Lipinski definition) is 0. The average molecular weight is 300 g/mol. The fraction of sp³-hybridized carbons (Fsp3) is 0.538. The first-order valence-corrected chi connectivity index (χ1v) is 6.81. The minimum atomic E-state index is 0.701. The van der Waals surface area contributed by atoms with E-state index < -0.39 is 0 Å². The fourth-order valence-corrected chi connectivity index (χ4v) is 2.44. The van der Waals surface area contributed by atoms with Gasteiger partial charge in [0.25, 0.3) is 0 Å². The van der Waals surface area contributed by atoms with Crippen LogP contribution in [0.4, 0.5) is 0 Å². The van der Waals surface area contributed by atoms with Crippen molar-refractivity contribution >= 4 is 15.9 Å². The molecule has 1 aromatic rings. The third kappa shape index (κ3) is 3.44. The summed E-state index contributed by atoms with van der Waals surface area (Å²) in [5.74, 6) is 0.980. The first-order valence-electron chi connectivity index (χ1n) is 6.01. The van der Waals surface area contributed by atoms with Crippen molar-refractivity contribution in [2.24, 2.45) is 0 Å². The van der Waals surface area contributed by atoms with Gasteiger partial charge in [-0.1, -0.05) is 22.0 Å².